The summed E-state index contributed by atoms with van der Waals surface area (Å²) in [6.45, 7) is 3.95. The summed E-state index contributed by atoms with van der Waals surface area (Å²) in [6, 6.07) is 7.68. The fraction of sp³-hybridized carbons (Fsp3) is 0.467. The standard InChI is InChI=1S/C15H18N2O2/c1-2-7-16-9-10-3-5-11(6-4-10)17-14(18)12-8-13(12)15(17)19/h3-6,12-13,16H,2,7-9H2,1H3. The molecular weight excluding hydrogens is 240 g/mol. The molecule has 3 rings (SSSR count). The molecule has 1 N–H and O–H groups in total. The number of fused-ring (bicyclic) bond motifs is 1. The number of hydrogen-bond donors (Lipinski definition) is 1. The van der Waals surface area contributed by atoms with Crippen LogP contribution in [0.4, 0.5) is 5.69 Å². The Labute approximate surface area is 112 Å². The van der Waals surface area contributed by atoms with E-state index in [-0.39, 0.29) is 23.7 Å². The van der Waals surface area contributed by atoms with Crippen molar-refractivity contribution in [2.45, 2.75) is 26.3 Å². The Morgan fingerprint density at radius 1 is 1.16 bits per heavy atom. The van der Waals surface area contributed by atoms with Crippen LogP contribution >= 0.6 is 0 Å². The first-order valence-corrected chi connectivity index (χ1v) is 6.90. The van der Waals surface area contributed by atoms with E-state index >= 15 is 0 Å². The van der Waals surface area contributed by atoms with Gasteiger partial charge in [0, 0.05) is 6.54 Å². The van der Waals surface area contributed by atoms with Crippen molar-refractivity contribution in [2.24, 2.45) is 11.8 Å². The lowest BCUT2D eigenvalue weighted by atomic mass is 10.2. The number of piperidine rings is 1. The summed E-state index contributed by atoms with van der Waals surface area (Å²) in [5.74, 6) is -0.101. The maximum atomic E-state index is 11.9. The van der Waals surface area contributed by atoms with Crippen LogP contribution in [0.15, 0.2) is 24.3 Å². The number of rotatable bonds is 5. The van der Waals surface area contributed by atoms with Gasteiger partial charge in [-0.1, -0.05) is 19.1 Å². The lowest BCUT2D eigenvalue weighted by Gasteiger charge is -2.16. The van der Waals surface area contributed by atoms with E-state index < -0.39 is 0 Å². The number of anilines is 1. The first kappa shape index (κ1) is 12.4. The second-order valence-corrected chi connectivity index (χ2v) is 5.30. The topological polar surface area (TPSA) is 49.4 Å². The van der Waals surface area contributed by atoms with Gasteiger partial charge in [-0.15, -0.1) is 0 Å². The van der Waals surface area contributed by atoms with Gasteiger partial charge in [-0.05, 0) is 37.1 Å². The molecule has 2 fully saturated rings. The van der Waals surface area contributed by atoms with E-state index in [4.69, 9.17) is 0 Å². The smallest absolute Gasteiger partial charge is 0.237 e. The van der Waals surface area contributed by atoms with E-state index in [0.717, 1.165) is 25.9 Å². The molecule has 1 saturated carbocycles. The lowest BCUT2D eigenvalue weighted by molar-refractivity contribution is -0.123. The number of hydrogen-bond acceptors (Lipinski definition) is 3. The Kier molecular flexibility index (Phi) is 3.11. The van der Waals surface area contributed by atoms with Gasteiger partial charge in [0.1, 0.15) is 0 Å². The molecule has 0 bridgehead atoms. The quantitative estimate of drug-likeness (QED) is 0.646. The van der Waals surface area contributed by atoms with Crippen LogP contribution in [0.25, 0.3) is 0 Å². The molecule has 19 heavy (non-hydrogen) atoms. The zero-order valence-electron chi connectivity index (χ0n) is 11.1. The average molecular weight is 258 g/mol. The average Bonchev–Trinajstić information content (AvgIpc) is 3.16. The Hall–Kier alpha value is -1.68. The maximum absolute atomic E-state index is 11.9. The van der Waals surface area contributed by atoms with E-state index in [1.165, 1.54) is 10.5 Å². The molecule has 2 aliphatic rings. The zero-order chi connectivity index (χ0) is 13.4. The van der Waals surface area contributed by atoms with Gasteiger partial charge in [0.2, 0.25) is 11.8 Å². The molecule has 0 radical (unpaired) electrons. The molecule has 1 saturated heterocycles. The molecule has 1 heterocycles. The number of carbonyl (C=O) groups excluding carboxylic acids is 2. The van der Waals surface area contributed by atoms with Gasteiger partial charge in [-0.3, -0.25) is 14.5 Å². The highest BCUT2D eigenvalue weighted by atomic mass is 16.2. The van der Waals surface area contributed by atoms with Crippen molar-refractivity contribution in [1.82, 2.24) is 5.32 Å². The van der Waals surface area contributed by atoms with Crippen molar-refractivity contribution in [1.29, 1.82) is 0 Å². The van der Waals surface area contributed by atoms with E-state index in [1.54, 1.807) is 0 Å². The summed E-state index contributed by atoms with van der Waals surface area (Å²) in [6.07, 6.45) is 1.87. The van der Waals surface area contributed by atoms with E-state index in [9.17, 15) is 9.59 Å². The molecule has 2 atom stereocenters. The Morgan fingerprint density at radius 3 is 2.37 bits per heavy atom. The SMILES string of the molecule is CCCNCc1ccc(N2C(=O)C3CC3C2=O)cc1. The van der Waals surface area contributed by atoms with Gasteiger partial charge < -0.3 is 5.32 Å². The van der Waals surface area contributed by atoms with Gasteiger partial charge in [-0.25, -0.2) is 0 Å². The summed E-state index contributed by atoms with van der Waals surface area (Å²) < 4.78 is 0. The number of imide groups is 1. The summed E-state index contributed by atoms with van der Waals surface area (Å²) >= 11 is 0. The Balaban J connectivity index is 1.69. The normalized spacial score (nSPS) is 24.8. The predicted octanol–water partition coefficient (Wildman–Crippen LogP) is 1.70. The van der Waals surface area contributed by atoms with Crippen molar-refractivity contribution in [3.8, 4) is 0 Å². The summed E-state index contributed by atoms with van der Waals surface area (Å²) in [5.41, 5.74) is 1.88. The Morgan fingerprint density at radius 2 is 1.79 bits per heavy atom. The highest BCUT2D eigenvalue weighted by molar-refractivity contribution is 6.24. The molecular formula is C15H18N2O2. The number of amides is 2. The minimum Gasteiger partial charge on any atom is -0.313 e. The van der Waals surface area contributed by atoms with Crippen molar-refractivity contribution in [3.05, 3.63) is 29.8 Å². The van der Waals surface area contributed by atoms with Gasteiger partial charge >= 0.3 is 0 Å². The molecule has 1 aliphatic heterocycles. The van der Waals surface area contributed by atoms with E-state index in [1.807, 2.05) is 24.3 Å². The molecule has 100 valence electrons. The summed E-state index contributed by atoms with van der Waals surface area (Å²) in [4.78, 5) is 25.2. The van der Waals surface area contributed by atoms with Crippen LogP contribution in [0.2, 0.25) is 0 Å². The first-order chi connectivity index (χ1) is 9.22. The van der Waals surface area contributed by atoms with Crippen LogP contribution in [0.3, 0.4) is 0 Å². The highest BCUT2D eigenvalue weighted by Gasteiger charge is 2.59. The highest BCUT2D eigenvalue weighted by Crippen LogP contribution is 2.48. The number of benzene rings is 1. The molecule has 2 amide bonds. The molecule has 1 aromatic carbocycles. The largest absolute Gasteiger partial charge is 0.313 e. The second kappa shape index (κ2) is 4.78. The van der Waals surface area contributed by atoms with E-state index in [0.29, 0.717) is 5.69 Å². The van der Waals surface area contributed by atoms with Crippen LogP contribution in [0.1, 0.15) is 25.3 Å². The monoisotopic (exact) mass is 258 g/mol. The van der Waals surface area contributed by atoms with Crippen molar-refractivity contribution in [2.75, 3.05) is 11.4 Å². The molecule has 1 aliphatic carbocycles. The van der Waals surface area contributed by atoms with Crippen LogP contribution in [0, 0.1) is 11.8 Å². The maximum Gasteiger partial charge on any atom is 0.237 e. The van der Waals surface area contributed by atoms with Crippen molar-refractivity contribution >= 4 is 17.5 Å². The fourth-order valence-corrected chi connectivity index (χ4v) is 2.61. The third-order valence-corrected chi connectivity index (χ3v) is 3.82. The summed E-state index contributed by atoms with van der Waals surface area (Å²) in [5, 5.41) is 3.32. The molecule has 4 heteroatoms. The molecule has 0 aromatic heterocycles. The second-order valence-electron chi connectivity index (χ2n) is 5.30. The van der Waals surface area contributed by atoms with Gasteiger partial charge in [0.25, 0.3) is 0 Å². The Bertz CT molecular complexity index is 489. The van der Waals surface area contributed by atoms with Crippen molar-refractivity contribution < 1.29 is 9.59 Å². The zero-order valence-corrected chi connectivity index (χ0v) is 11.1. The first-order valence-electron chi connectivity index (χ1n) is 6.90. The van der Waals surface area contributed by atoms with E-state index in [2.05, 4.69) is 12.2 Å². The molecule has 0 spiro atoms. The molecule has 2 unspecified atom stereocenters. The van der Waals surface area contributed by atoms with Crippen LogP contribution in [-0.2, 0) is 16.1 Å². The number of nitrogens with zero attached hydrogens (tertiary/aromatic N) is 1. The minimum absolute atomic E-state index is 0.0214. The third kappa shape index (κ3) is 2.16. The number of carbonyl (C=O) groups is 2. The third-order valence-electron chi connectivity index (χ3n) is 3.82. The van der Waals surface area contributed by atoms with Crippen LogP contribution < -0.4 is 10.2 Å². The number of nitrogens with one attached hydrogen (secondary N) is 1. The molecule has 4 nitrogen and oxygen atoms in total. The fourth-order valence-electron chi connectivity index (χ4n) is 2.61. The predicted molar refractivity (Wildman–Crippen MR) is 72.5 cm³/mol. The van der Waals surface area contributed by atoms with Gasteiger partial charge in [0.15, 0.2) is 0 Å². The minimum atomic E-state index is -0.0293. The lowest BCUT2D eigenvalue weighted by Crippen LogP contribution is -2.32. The molecule has 1 aromatic rings. The summed E-state index contributed by atoms with van der Waals surface area (Å²) in [7, 11) is 0. The van der Waals surface area contributed by atoms with Crippen molar-refractivity contribution in [3.63, 3.8) is 0 Å². The van der Waals surface area contributed by atoms with Gasteiger partial charge in [0.05, 0.1) is 17.5 Å². The van der Waals surface area contributed by atoms with Crippen LogP contribution in [-0.4, -0.2) is 18.4 Å². The van der Waals surface area contributed by atoms with Gasteiger partial charge in [-0.2, -0.15) is 0 Å². The van der Waals surface area contributed by atoms with Crippen LogP contribution in [0.5, 0.6) is 0 Å².